The number of cyclic esters (lactones) is 1. The summed E-state index contributed by atoms with van der Waals surface area (Å²) in [4.78, 5) is 34.4. The molecule has 0 bridgehead atoms. The number of nitrogens with zero attached hydrogens (tertiary/aromatic N) is 3. The van der Waals surface area contributed by atoms with E-state index in [1.54, 1.807) is 6.07 Å². The van der Waals surface area contributed by atoms with Gasteiger partial charge in [0.05, 0.1) is 48.1 Å². The summed E-state index contributed by atoms with van der Waals surface area (Å²) in [6.45, 7) is 4.60. The van der Waals surface area contributed by atoms with Crippen LogP contribution in [-0.2, 0) is 28.4 Å². The van der Waals surface area contributed by atoms with Crippen molar-refractivity contribution in [1.29, 1.82) is 0 Å². The van der Waals surface area contributed by atoms with Crippen LogP contribution < -0.4 is 9.64 Å². The molecule has 2 aliphatic rings. The molecule has 2 unspecified atom stereocenters. The third kappa shape index (κ3) is 6.99. The van der Waals surface area contributed by atoms with Gasteiger partial charge in [0.15, 0.2) is 0 Å². The molecule has 2 aromatic heterocycles. The smallest absolute Gasteiger partial charge is 0.416 e. The number of aromatic nitrogens is 1. The lowest BCUT2D eigenvalue weighted by Crippen LogP contribution is -2.38. The fourth-order valence-corrected chi connectivity index (χ4v) is 7.75. The predicted octanol–water partition coefficient (Wildman–Crippen LogP) is 9.67. The number of rotatable bonds is 8. The summed E-state index contributed by atoms with van der Waals surface area (Å²) in [5.41, 5.74) is 0.342. The van der Waals surface area contributed by atoms with Crippen LogP contribution in [0.15, 0.2) is 52.3 Å². The van der Waals surface area contributed by atoms with Crippen LogP contribution in [0.4, 0.5) is 37.0 Å². The molecule has 0 saturated carbocycles. The number of esters is 1. The first kappa shape index (κ1) is 36.5. The molecule has 4 aromatic rings. The van der Waals surface area contributed by atoms with Gasteiger partial charge in [-0.05, 0) is 100 Å². The van der Waals surface area contributed by atoms with Gasteiger partial charge in [0.25, 0.3) is 0 Å². The Morgan fingerprint density at radius 1 is 1.00 bits per heavy atom. The van der Waals surface area contributed by atoms with E-state index < -0.39 is 53.3 Å². The molecule has 2 saturated heterocycles. The van der Waals surface area contributed by atoms with Gasteiger partial charge in [-0.1, -0.05) is 6.07 Å². The van der Waals surface area contributed by atoms with E-state index in [0.717, 1.165) is 36.2 Å². The van der Waals surface area contributed by atoms with Crippen LogP contribution in [0.3, 0.4) is 0 Å². The van der Waals surface area contributed by atoms with E-state index in [4.69, 9.17) is 19.2 Å². The maximum atomic E-state index is 13.7. The fourth-order valence-electron chi connectivity index (χ4n) is 6.17. The van der Waals surface area contributed by atoms with Crippen molar-refractivity contribution >= 4 is 45.1 Å². The minimum atomic E-state index is -5.07. The molecule has 2 aliphatic heterocycles. The maximum absolute atomic E-state index is 13.7. The van der Waals surface area contributed by atoms with Crippen molar-refractivity contribution in [2.75, 3.05) is 32.2 Å². The van der Waals surface area contributed by atoms with Gasteiger partial charge in [-0.25, -0.2) is 14.6 Å². The van der Waals surface area contributed by atoms with Gasteiger partial charge in [-0.3, -0.25) is 4.90 Å². The van der Waals surface area contributed by atoms with Crippen molar-refractivity contribution in [1.82, 2.24) is 9.88 Å². The number of halogens is 7. The lowest BCUT2D eigenvalue weighted by molar-refractivity contribution is -0.143. The quantitative estimate of drug-likeness (QED) is 0.130. The zero-order chi connectivity index (χ0) is 37.0. The zero-order valence-corrected chi connectivity index (χ0v) is 29.9. The molecule has 1 amide bonds. The molecule has 0 spiro atoms. The molecule has 8 nitrogen and oxygen atoms in total. The fraction of sp³-hybridized carbons (Fsp3) is 0.343. The molecule has 270 valence electrons. The van der Waals surface area contributed by atoms with E-state index in [9.17, 15) is 35.9 Å². The Morgan fingerprint density at radius 3 is 2.24 bits per heavy atom. The van der Waals surface area contributed by atoms with E-state index in [1.165, 1.54) is 37.4 Å². The molecule has 0 aliphatic carbocycles. The second kappa shape index (κ2) is 13.7. The number of alkyl halides is 6. The summed E-state index contributed by atoms with van der Waals surface area (Å²) in [6.07, 6.45) is -11.5. The standard InChI is InChI=1S/C35H30BrF6N3O5S/c1-17-25(16-51-30(17)32(46)49-4)19-6-7-28(48-3)24(12-19)23-14-26(36)31(44-8-5-9-44)43-27(23)15-45-18(2)29(50-33(45)47)20-10-21(34(37,38)39)13-22(11-20)35(40,41)42/h6-7,10-14,16,18,29H,5,8-9,15H2,1-4H3. The molecule has 6 rings (SSSR count). The molecule has 2 fully saturated rings. The number of benzene rings is 2. The lowest BCUT2D eigenvalue weighted by Gasteiger charge is -2.34. The van der Waals surface area contributed by atoms with Crippen LogP contribution in [0.5, 0.6) is 5.75 Å². The van der Waals surface area contributed by atoms with Gasteiger partial charge in [-0.2, -0.15) is 26.3 Å². The summed E-state index contributed by atoms with van der Waals surface area (Å²) >= 11 is 4.89. The number of hydrogen-bond donors (Lipinski definition) is 0. The van der Waals surface area contributed by atoms with E-state index >= 15 is 0 Å². The minimum absolute atomic E-state index is 0.0351. The minimum Gasteiger partial charge on any atom is -0.496 e. The number of pyridine rings is 1. The van der Waals surface area contributed by atoms with Gasteiger partial charge < -0.3 is 19.1 Å². The van der Waals surface area contributed by atoms with Gasteiger partial charge >= 0.3 is 24.4 Å². The van der Waals surface area contributed by atoms with Crippen molar-refractivity contribution < 1.29 is 50.1 Å². The highest BCUT2D eigenvalue weighted by atomic mass is 79.9. The Hall–Kier alpha value is -4.31. The first-order chi connectivity index (χ1) is 24.0. The van der Waals surface area contributed by atoms with Crippen LogP contribution in [-0.4, -0.2) is 55.3 Å². The topological polar surface area (TPSA) is 81.2 Å². The molecule has 4 heterocycles. The Morgan fingerprint density at radius 2 is 1.67 bits per heavy atom. The Bertz CT molecular complexity index is 1980. The summed E-state index contributed by atoms with van der Waals surface area (Å²) in [7, 11) is 2.80. The number of ether oxygens (including phenoxy) is 3. The second-order valence-corrected chi connectivity index (χ2v) is 13.9. The third-order valence-electron chi connectivity index (χ3n) is 9.05. The number of carbonyl (C=O) groups is 2. The van der Waals surface area contributed by atoms with E-state index in [0.29, 0.717) is 49.9 Å². The monoisotopic (exact) mass is 797 g/mol. The average molecular weight is 799 g/mol. The number of thiophene rings is 1. The van der Waals surface area contributed by atoms with E-state index in [2.05, 4.69) is 15.9 Å². The molecular formula is C35H30BrF6N3O5S. The highest BCUT2D eigenvalue weighted by Gasteiger charge is 2.44. The normalized spacial score (nSPS) is 17.7. The van der Waals surface area contributed by atoms with Gasteiger partial charge in [-0.15, -0.1) is 11.3 Å². The highest BCUT2D eigenvalue weighted by Crippen LogP contribution is 2.44. The molecule has 51 heavy (non-hydrogen) atoms. The number of carbonyl (C=O) groups excluding carboxylic acids is 2. The molecule has 0 N–H and O–H groups in total. The van der Waals surface area contributed by atoms with Crippen LogP contribution in [0, 0.1) is 6.92 Å². The van der Waals surface area contributed by atoms with Gasteiger partial charge in [0, 0.05) is 24.2 Å². The van der Waals surface area contributed by atoms with Crippen LogP contribution in [0.2, 0.25) is 0 Å². The first-order valence-corrected chi connectivity index (χ1v) is 17.2. The Labute approximate surface area is 301 Å². The summed E-state index contributed by atoms with van der Waals surface area (Å²) in [6, 6.07) is 7.50. The summed E-state index contributed by atoms with van der Waals surface area (Å²) in [5.74, 6) is 0.611. The maximum Gasteiger partial charge on any atom is 0.416 e. The highest BCUT2D eigenvalue weighted by molar-refractivity contribution is 9.10. The third-order valence-corrected chi connectivity index (χ3v) is 10.7. The van der Waals surface area contributed by atoms with Gasteiger partial charge in [0.1, 0.15) is 22.5 Å². The van der Waals surface area contributed by atoms with Crippen LogP contribution in [0.1, 0.15) is 57.1 Å². The predicted molar refractivity (Wildman–Crippen MR) is 181 cm³/mol. The summed E-state index contributed by atoms with van der Waals surface area (Å²) in [5, 5.41) is 1.84. The SMILES string of the molecule is COC(=O)c1scc(-c2ccc(OC)c(-c3cc(Br)c(N4CCC4)nc3CN3C(=O)OC(c4cc(C(F)(F)F)cc(C(F)(F)F)c4)C3C)c2)c1C. The zero-order valence-electron chi connectivity index (χ0n) is 27.5. The average Bonchev–Trinajstić information content (AvgIpc) is 3.58. The van der Waals surface area contributed by atoms with Crippen LogP contribution in [0.25, 0.3) is 22.3 Å². The molecule has 2 aromatic carbocycles. The van der Waals surface area contributed by atoms with Crippen LogP contribution >= 0.6 is 27.3 Å². The largest absolute Gasteiger partial charge is 0.496 e. The molecular weight excluding hydrogens is 768 g/mol. The summed E-state index contributed by atoms with van der Waals surface area (Å²) < 4.78 is 98.9. The lowest BCUT2D eigenvalue weighted by atomic mass is 9.95. The van der Waals surface area contributed by atoms with Crippen molar-refractivity contribution in [2.45, 2.75) is 51.3 Å². The van der Waals surface area contributed by atoms with E-state index in [-0.39, 0.29) is 12.6 Å². The Balaban J connectivity index is 1.43. The number of anilines is 1. The molecule has 16 heteroatoms. The van der Waals surface area contributed by atoms with Crippen molar-refractivity contribution in [2.24, 2.45) is 0 Å². The molecule has 2 atom stereocenters. The first-order valence-electron chi connectivity index (χ1n) is 15.6. The number of amides is 1. The van der Waals surface area contributed by atoms with Crippen molar-refractivity contribution in [3.63, 3.8) is 0 Å². The van der Waals surface area contributed by atoms with Crippen molar-refractivity contribution in [3.8, 4) is 28.0 Å². The van der Waals surface area contributed by atoms with Crippen molar-refractivity contribution in [3.05, 3.63) is 85.1 Å². The van der Waals surface area contributed by atoms with E-state index in [1.807, 2.05) is 35.4 Å². The second-order valence-electron chi connectivity index (χ2n) is 12.2. The number of hydrogen-bond acceptors (Lipinski definition) is 8. The Kier molecular flexibility index (Phi) is 9.78. The van der Waals surface area contributed by atoms with Gasteiger partial charge in [0.2, 0.25) is 0 Å². The number of methoxy groups -OCH3 is 2. The molecule has 0 radical (unpaired) electrons.